The van der Waals surface area contributed by atoms with Gasteiger partial charge in [0.2, 0.25) is 5.91 Å². The van der Waals surface area contributed by atoms with E-state index < -0.39 is 36.4 Å². The first kappa shape index (κ1) is 18.1. The molecule has 3 amide bonds. The van der Waals surface area contributed by atoms with Gasteiger partial charge in [0.1, 0.15) is 11.5 Å². The van der Waals surface area contributed by atoms with Gasteiger partial charge < -0.3 is 10.6 Å². The van der Waals surface area contributed by atoms with Gasteiger partial charge in [-0.1, -0.05) is 11.3 Å². The van der Waals surface area contributed by atoms with Crippen molar-refractivity contribution in [1.82, 2.24) is 14.9 Å². The molecular formula is C19H22F3N5O2S. The van der Waals surface area contributed by atoms with Crippen molar-refractivity contribution in [2.24, 2.45) is 5.73 Å². The Bertz CT molecular complexity index is 1070. The zero-order valence-electron chi connectivity index (χ0n) is 19.2. The van der Waals surface area contributed by atoms with Gasteiger partial charge in [-0.05, 0) is 51.2 Å². The van der Waals surface area contributed by atoms with Crippen molar-refractivity contribution in [3.8, 4) is 10.4 Å². The lowest BCUT2D eigenvalue weighted by atomic mass is 9.87. The number of alkyl halides is 3. The van der Waals surface area contributed by atoms with Crippen LogP contribution in [0.4, 0.5) is 23.1 Å². The highest BCUT2D eigenvalue weighted by Gasteiger charge is 2.49. The Hall–Kier alpha value is -2.69. The lowest BCUT2D eigenvalue weighted by Gasteiger charge is -2.27. The lowest BCUT2D eigenvalue weighted by Crippen LogP contribution is -2.45. The predicted octanol–water partition coefficient (Wildman–Crippen LogP) is 3.84. The average molecular weight is 444 g/mol. The topological polar surface area (TPSA) is 101 Å². The number of rotatable bonds is 4. The average Bonchev–Trinajstić information content (AvgIpc) is 3.34. The van der Waals surface area contributed by atoms with E-state index in [1.807, 2.05) is 0 Å². The SMILES string of the molecule is [2H]C([2H])([2H])c1nc(NC(=O)N2CCC[C@H]2C(N)=O)sc1-c1ccnc(C(C)(C)C(F)(F)F)c1. The molecule has 2 aromatic heterocycles. The molecule has 1 aliphatic heterocycles. The highest BCUT2D eigenvalue weighted by Crippen LogP contribution is 2.41. The van der Waals surface area contributed by atoms with Gasteiger partial charge in [0.15, 0.2) is 5.13 Å². The first-order valence-electron chi connectivity index (χ1n) is 10.5. The van der Waals surface area contributed by atoms with Gasteiger partial charge >= 0.3 is 12.2 Å². The number of hydrogen-bond acceptors (Lipinski definition) is 5. The molecule has 0 unspecified atom stereocenters. The van der Waals surface area contributed by atoms with Crippen LogP contribution in [0.5, 0.6) is 0 Å². The van der Waals surface area contributed by atoms with E-state index in [9.17, 15) is 22.8 Å². The fourth-order valence-corrected chi connectivity index (χ4v) is 3.95. The maximum atomic E-state index is 13.5. The molecule has 0 saturated carbocycles. The molecule has 0 spiro atoms. The number of hydrogen-bond donors (Lipinski definition) is 2. The largest absolute Gasteiger partial charge is 0.399 e. The third-order valence-corrected chi connectivity index (χ3v) is 6.07. The van der Waals surface area contributed by atoms with Gasteiger partial charge in [0, 0.05) is 16.9 Å². The van der Waals surface area contributed by atoms with E-state index in [1.54, 1.807) is 0 Å². The van der Waals surface area contributed by atoms with E-state index >= 15 is 0 Å². The van der Waals surface area contributed by atoms with Crippen molar-refractivity contribution >= 4 is 28.4 Å². The van der Waals surface area contributed by atoms with Gasteiger partial charge in [0.25, 0.3) is 0 Å². The van der Waals surface area contributed by atoms with Crippen molar-refractivity contribution in [2.75, 3.05) is 11.9 Å². The molecular weight excluding hydrogens is 419 g/mol. The Kier molecular flexibility index (Phi) is 4.74. The van der Waals surface area contributed by atoms with Crippen LogP contribution in [0, 0.1) is 6.85 Å². The Morgan fingerprint density at radius 2 is 2.13 bits per heavy atom. The number of pyridine rings is 1. The highest BCUT2D eigenvalue weighted by molar-refractivity contribution is 7.19. The number of halogens is 3. The molecule has 1 aliphatic rings. The molecule has 11 heteroatoms. The van der Waals surface area contributed by atoms with Crippen LogP contribution in [0.2, 0.25) is 0 Å². The molecule has 2 aromatic rings. The van der Waals surface area contributed by atoms with Crippen LogP contribution in [0.25, 0.3) is 10.4 Å². The summed E-state index contributed by atoms with van der Waals surface area (Å²) < 4.78 is 63.8. The summed E-state index contributed by atoms with van der Waals surface area (Å²) in [5.74, 6) is -0.651. The van der Waals surface area contributed by atoms with Crippen LogP contribution >= 0.6 is 11.3 Å². The Morgan fingerprint density at radius 1 is 1.40 bits per heavy atom. The molecule has 7 nitrogen and oxygen atoms in total. The fraction of sp³-hybridized carbons (Fsp3) is 0.474. The number of likely N-dealkylation sites (tertiary alicyclic amines) is 1. The third-order valence-electron chi connectivity index (χ3n) is 5.05. The molecule has 3 heterocycles. The van der Waals surface area contributed by atoms with Gasteiger partial charge in [-0.3, -0.25) is 15.1 Å². The predicted molar refractivity (Wildman–Crippen MR) is 107 cm³/mol. The van der Waals surface area contributed by atoms with E-state index in [4.69, 9.17) is 9.85 Å². The van der Waals surface area contributed by atoms with Crippen LogP contribution in [0.1, 0.15) is 42.2 Å². The molecule has 0 bridgehead atoms. The zero-order chi connectivity index (χ0) is 24.8. The number of nitrogens with two attached hydrogens (primary N) is 1. The molecule has 0 aliphatic carbocycles. The molecule has 162 valence electrons. The second-order valence-corrected chi connectivity index (χ2v) is 8.43. The quantitative estimate of drug-likeness (QED) is 0.748. The summed E-state index contributed by atoms with van der Waals surface area (Å²) in [5.41, 5.74) is 2.58. The molecule has 3 rings (SSSR count). The molecule has 3 N–H and O–H groups in total. The van der Waals surface area contributed by atoms with E-state index in [0.717, 1.165) is 25.2 Å². The Labute approximate surface area is 179 Å². The molecule has 1 atom stereocenters. The summed E-state index contributed by atoms with van der Waals surface area (Å²) in [4.78, 5) is 33.4. The monoisotopic (exact) mass is 444 g/mol. The minimum absolute atomic E-state index is 0.0651. The summed E-state index contributed by atoms with van der Waals surface area (Å²) in [6, 6.07) is 1.11. The molecule has 30 heavy (non-hydrogen) atoms. The molecule has 0 radical (unpaired) electrons. The van der Waals surface area contributed by atoms with E-state index in [-0.39, 0.29) is 27.0 Å². The van der Waals surface area contributed by atoms with Crippen molar-refractivity contribution in [3.63, 3.8) is 0 Å². The van der Waals surface area contributed by atoms with Crippen LogP contribution in [0.15, 0.2) is 18.3 Å². The van der Waals surface area contributed by atoms with E-state index in [1.165, 1.54) is 23.2 Å². The van der Waals surface area contributed by atoms with Crippen molar-refractivity contribution in [1.29, 1.82) is 0 Å². The number of anilines is 1. The number of urea groups is 1. The Morgan fingerprint density at radius 3 is 2.77 bits per heavy atom. The number of nitrogens with one attached hydrogen (secondary N) is 1. The van der Waals surface area contributed by atoms with Crippen molar-refractivity contribution < 1.29 is 26.9 Å². The molecule has 1 saturated heterocycles. The Balaban J connectivity index is 1.98. The highest BCUT2D eigenvalue weighted by atomic mass is 32.1. The van der Waals surface area contributed by atoms with Crippen LogP contribution in [-0.4, -0.2) is 45.6 Å². The molecule has 1 fully saturated rings. The minimum atomic E-state index is -4.58. The summed E-state index contributed by atoms with van der Waals surface area (Å²) in [6.07, 6.45) is -2.41. The van der Waals surface area contributed by atoms with Crippen LogP contribution in [-0.2, 0) is 10.2 Å². The standard InChI is InChI=1S/C19H22F3N5O2S/c1-10-14(11-6-7-24-13(9-11)18(2,3)19(20,21)22)30-16(25-10)26-17(29)27-8-4-5-12(27)15(23)28/h6-7,9,12H,4-5,8H2,1-3H3,(H2,23,28)(H,25,26,29)/t12-/m0/s1/i1D3. The number of carbonyl (C=O) groups excluding carboxylic acids is 2. The van der Waals surface area contributed by atoms with Gasteiger partial charge in [-0.15, -0.1) is 0 Å². The number of carbonyl (C=O) groups is 2. The van der Waals surface area contributed by atoms with Crippen molar-refractivity contribution in [3.05, 3.63) is 29.7 Å². The third kappa shape index (κ3) is 4.11. The first-order chi connectivity index (χ1) is 15.1. The lowest BCUT2D eigenvalue weighted by molar-refractivity contribution is -0.181. The number of nitrogens with zero attached hydrogens (tertiary/aromatic N) is 3. The fourth-order valence-electron chi connectivity index (χ4n) is 3.10. The van der Waals surface area contributed by atoms with Gasteiger partial charge in [-0.25, -0.2) is 9.78 Å². The summed E-state index contributed by atoms with van der Waals surface area (Å²) in [6.45, 7) is -0.439. The van der Waals surface area contributed by atoms with Gasteiger partial charge in [-0.2, -0.15) is 13.2 Å². The number of amides is 3. The normalized spacial score (nSPS) is 19.2. The van der Waals surface area contributed by atoms with Gasteiger partial charge in [0.05, 0.1) is 16.3 Å². The maximum absolute atomic E-state index is 13.5. The van der Waals surface area contributed by atoms with E-state index in [2.05, 4.69) is 15.3 Å². The number of primary amides is 1. The summed E-state index contributed by atoms with van der Waals surface area (Å²) in [5, 5.41) is 2.42. The van der Waals surface area contributed by atoms with Crippen LogP contribution < -0.4 is 11.1 Å². The number of thiazole rings is 1. The summed E-state index contributed by atoms with van der Waals surface area (Å²) in [7, 11) is 0. The second-order valence-electron chi connectivity index (χ2n) is 7.43. The minimum Gasteiger partial charge on any atom is -0.368 e. The van der Waals surface area contributed by atoms with Crippen LogP contribution in [0.3, 0.4) is 0 Å². The maximum Gasteiger partial charge on any atom is 0.399 e. The number of aromatic nitrogens is 2. The first-order valence-corrected chi connectivity index (χ1v) is 9.86. The smallest absolute Gasteiger partial charge is 0.368 e. The molecule has 0 aromatic carbocycles. The van der Waals surface area contributed by atoms with Crippen molar-refractivity contribution in [2.45, 2.75) is 51.2 Å². The second kappa shape index (κ2) is 7.86. The zero-order valence-corrected chi connectivity index (χ0v) is 17.0. The van der Waals surface area contributed by atoms with E-state index in [0.29, 0.717) is 19.4 Å². The number of aryl methyl sites for hydroxylation is 1. The summed E-state index contributed by atoms with van der Waals surface area (Å²) >= 11 is 0.808.